The fraction of sp³-hybridized carbons (Fsp3) is 0.708. The van der Waals surface area contributed by atoms with E-state index in [9.17, 15) is 4.79 Å². The molecule has 7 heteroatoms. The highest BCUT2D eigenvalue weighted by atomic mass is 16.5. The van der Waals surface area contributed by atoms with Crippen LogP contribution in [0.5, 0.6) is 11.5 Å². The zero-order chi connectivity index (χ0) is 21.5. The lowest BCUT2D eigenvalue weighted by Crippen LogP contribution is -2.48. The molecule has 172 valence electrons. The van der Waals surface area contributed by atoms with Crippen LogP contribution in [0.3, 0.4) is 0 Å². The van der Waals surface area contributed by atoms with Gasteiger partial charge in [0.05, 0.1) is 13.2 Å². The standard InChI is InChI=1S/C24H38N4O3/c1-30-22-6-7-23-19(17-22)16-20(18-31-23)26-24(29)25-10-5-11-27-14-8-21(9-15-27)28-12-3-2-4-13-28/h6-7,17,20-21H,2-5,8-16,18H2,1H3,(H2,25,26,29)/t20-/m1/s1. The lowest BCUT2D eigenvalue weighted by molar-refractivity contribution is 0.0922. The number of urea groups is 1. The van der Waals surface area contributed by atoms with Crippen molar-refractivity contribution in [3.63, 3.8) is 0 Å². The van der Waals surface area contributed by atoms with E-state index in [1.165, 1.54) is 58.3 Å². The van der Waals surface area contributed by atoms with Gasteiger partial charge < -0.3 is 29.9 Å². The second kappa shape index (κ2) is 11.0. The minimum absolute atomic E-state index is 0.0200. The van der Waals surface area contributed by atoms with Gasteiger partial charge in [0.25, 0.3) is 0 Å². The van der Waals surface area contributed by atoms with Gasteiger partial charge in [0.1, 0.15) is 18.1 Å². The molecule has 0 unspecified atom stereocenters. The molecule has 0 radical (unpaired) electrons. The second-order valence-corrected chi connectivity index (χ2v) is 9.11. The maximum atomic E-state index is 12.3. The lowest BCUT2D eigenvalue weighted by Gasteiger charge is -2.40. The molecule has 2 saturated heterocycles. The smallest absolute Gasteiger partial charge is 0.315 e. The normalized spacial score (nSPS) is 22.9. The van der Waals surface area contributed by atoms with Crippen molar-refractivity contribution in [2.45, 2.75) is 57.0 Å². The third kappa shape index (κ3) is 6.26. The largest absolute Gasteiger partial charge is 0.497 e. The van der Waals surface area contributed by atoms with E-state index in [0.717, 1.165) is 42.5 Å². The monoisotopic (exact) mass is 430 g/mol. The molecular formula is C24H38N4O3. The summed E-state index contributed by atoms with van der Waals surface area (Å²) in [4.78, 5) is 17.6. The average molecular weight is 431 g/mol. The summed E-state index contributed by atoms with van der Waals surface area (Å²) in [6, 6.07) is 6.48. The van der Waals surface area contributed by atoms with Crippen LogP contribution in [-0.2, 0) is 6.42 Å². The van der Waals surface area contributed by atoms with E-state index in [1.807, 2.05) is 18.2 Å². The van der Waals surface area contributed by atoms with E-state index >= 15 is 0 Å². The number of hydrogen-bond donors (Lipinski definition) is 2. The number of piperidine rings is 2. The highest BCUT2D eigenvalue weighted by molar-refractivity contribution is 5.74. The first kappa shape index (κ1) is 22.2. The minimum Gasteiger partial charge on any atom is -0.497 e. The number of likely N-dealkylation sites (tertiary alicyclic amines) is 2. The van der Waals surface area contributed by atoms with E-state index < -0.39 is 0 Å². The summed E-state index contributed by atoms with van der Waals surface area (Å²) in [7, 11) is 1.66. The Morgan fingerprint density at radius 3 is 2.74 bits per heavy atom. The van der Waals surface area contributed by atoms with E-state index in [2.05, 4.69) is 20.4 Å². The number of carbonyl (C=O) groups is 1. The van der Waals surface area contributed by atoms with Gasteiger partial charge in [0.2, 0.25) is 0 Å². The SMILES string of the molecule is COc1ccc2c(c1)C[C@@H](NC(=O)NCCCN1CCC(N3CCCCC3)CC1)CO2. The summed E-state index contributed by atoms with van der Waals surface area (Å²) < 4.78 is 11.1. The summed E-state index contributed by atoms with van der Waals surface area (Å²) in [5.74, 6) is 1.69. The molecule has 7 nitrogen and oxygen atoms in total. The molecule has 1 aromatic carbocycles. The number of carbonyl (C=O) groups excluding carboxylic acids is 1. The number of nitrogens with one attached hydrogen (secondary N) is 2. The van der Waals surface area contributed by atoms with Gasteiger partial charge in [0.15, 0.2) is 0 Å². The summed E-state index contributed by atoms with van der Waals surface area (Å²) in [5, 5.41) is 6.05. The molecule has 2 amide bonds. The van der Waals surface area contributed by atoms with Crippen LogP contribution in [0.25, 0.3) is 0 Å². The van der Waals surface area contributed by atoms with Gasteiger partial charge in [-0.2, -0.15) is 0 Å². The van der Waals surface area contributed by atoms with Crippen LogP contribution < -0.4 is 20.1 Å². The topological polar surface area (TPSA) is 66.1 Å². The Hall–Kier alpha value is -1.99. The van der Waals surface area contributed by atoms with Gasteiger partial charge in [-0.3, -0.25) is 0 Å². The van der Waals surface area contributed by atoms with Crippen LogP contribution in [0.4, 0.5) is 4.79 Å². The first-order valence-electron chi connectivity index (χ1n) is 12.0. The van der Waals surface area contributed by atoms with Crippen molar-refractivity contribution in [1.82, 2.24) is 20.4 Å². The summed E-state index contributed by atoms with van der Waals surface area (Å²) >= 11 is 0. The molecule has 2 fully saturated rings. The van der Waals surface area contributed by atoms with Gasteiger partial charge in [-0.25, -0.2) is 4.79 Å². The molecule has 0 aliphatic carbocycles. The van der Waals surface area contributed by atoms with Crippen molar-refractivity contribution in [3.05, 3.63) is 23.8 Å². The number of nitrogens with zero attached hydrogens (tertiary/aromatic N) is 2. The number of ether oxygens (including phenoxy) is 2. The molecule has 3 aliphatic rings. The Labute approximate surface area is 186 Å². The van der Waals surface area contributed by atoms with Crippen LogP contribution in [0.2, 0.25) is 0 Å². The van der Waals surface area contributed by atoms with E-state index in [1.54, 1.807) is 7.11 Å². The molecule has 0 bridgehead atoms. The second-order valence-electron chi connectivity index (χ2n) is 9.11. The number of fused-ring (bicyclic) bond motifs is 1. The van der Waals surface area contributed by atoms with Crippen LogP contribution in [-0.4, -0.2) is 80.9 Å². The first-order chi connectivity index (χ1) is 15.2. The molecule has 0 aromatic heterocycles. The Morgan fingerprint density at radius 1 is 1.16 bits per heavy atom. The molecule has 1 atom stereocenters. The average Bonchev–Trinajstić information content (AvgIpc) is 2.82. The summed E-state index contributed by atoms with van der Waals surface area (Å²) in [5.41, 5.74) is 1.07. The Bertz CT molecular complexity index is 715. The fourth-order valence-corrected chi connectivity index (χ4v) is 5.12. The number of amides is 2. The fourth-order valence-electron chi connectivity index (χ4n) is 5.12. The van der Waals surface area contributed by atoms with Gasteiger partial charge in [-0.05, 0) is 95.0 Å². The zero-order valence-electron chi connectivity index (χ0n) is 18.9. The van der Waals surface area contributed by atoms with Crippen molar-refractivity contribution in [2.75, 3.05) is 53.0 Å². The van der Waals surface area contributed by atoms with Gasteiger partial charge in [-0.15, -0.1) is 0 Å². The quantitative estimate of drug-likeness (QED) is 0.651. The molecule has 0 spiro atoms. The highest BCUT2D eigenvalue weighted by Gasteiger charge is 2.25. The van der Waals surface area contributed by atoms with Gasteiger partial charge in [-0.1, -0.05) is 6.42 Å². The molecule has 4 rings (SSSR count). The van der Waals surface area contributed by atoms with Crippen molar-refractivity contribution in [1.29, 1.82) is 0 Å². The summed E-state index contributed by atoms with van der Waals surface area (Å²) in [6.45, 7) is 7.25. The third-order valence-electron chi connectivity index (χ3n) is 6.91. The molecule has 3 aliphatic heterocycles. The minimum atomic E-state index is -0.108. The predicted octanol–water partition coefficient (Wildman–Crippen LogP) is 2.64. The summed E-state index contributed by atoms with van der Waals surface area (Å²) in [6.07, 6.45) is 8.49. The van der Waals surface area contributed by atoms with Crippen molar-refractivity contribution < 1.29 is 14.3 Å². The molecule has 2 N–H and O–H groups in total. The maximum absolute atomic E-state index is 12.3. The van der Waals surface area contributed by atoms with Crippen molar-refractivity contribution >= 4 is 6.03 Å². The first-order valence-corrected chi connectivity index (χ1v) is 12.0. The number of hydrogen-bond acceptors (Lipinski definition) is 5. The van der Waals surface area contributed by atoms with Crippen LogP contribution in [0.15, 0.2) is 18.2 Å². The van der Waals surface area contributed by atoms with Gasteiger partial charge in [0, 0.05) is 12.6 Å². The van der Waals surface area contributed by atoms with E-state index in [0.29, 0.717) is 13.2 Å². The zero-order valence-corrected chi connectivity index (χ0v) is 18.9. The number of methoxy groups -OCH3 is 1. The predicted molar refractivity (Wildman–Crippen MR) is 122 cm³/mol. The molecular weight excluding hydrogens is 392 g/mol. The number of rotatable bonds is 7. The number of benzene rings is 1. The van der Waals surface area contributed by atoms with Crippen molar-refractivity contribution in [3.8, 4) is 11.5 Å². The Morgan fingerprint density at radius 2 is 1.97 bits per heavy atom. The van der Waals surface area contributed by atoms with E-state index in [4.69, 9.17) is 9.47 Å². The van der Waals surface area contributed by atoms with E-state index in [-0.39, 0.29) is 12.1 Å². The lowest BCUT2D eigenvalue weighted by atomic mass is 10.00. The van der Waals surface area contributed by atoms with Crippen LogP contribution in [0.1, 0.15) is 44.1 Å². The van der Waals surface area contributed by atoms with Gasteiger partial charge >= 0.3 is 6.03 Å². The third-order valence-corrected chi connectivity index (χ3v) is 6.91. The molecule has 3 heterocycles. The Balaban J connectivity index is 1.09. The van der Waals surface area contributed by atoms with Crippen LogP contribution >= 0.6 is 0 Å². The molecule has 0 saturated carbocycles. The molecule has 31 heavy (non-hydrogen) atoms. The maximum Gasteiger partial charge on any atom is 0.315 e. The van der Waals surface area contributed by atoms with Crippen molar-refractivity contribution in [2.24, 2.45) is 0 Å². The highest BCUT2D eigenvalue weighted by Crippen LogP contribution is 2.28. The Kier molecular flexibility index (Phi) is 7.92. The van der Waals surface area contributed by atoms with Crippen LogP contribution in [0, 0.1) is 0 Å². The molecule has 1 aromatic rings.